The number of halogens is 1. The molecule has 0 unspecified atom stereocenters. The zero-order valence-corrected chi connectivity index (χ0v) is 13.6. The fourth-order valence-corrected chi connectivity index (χ4v) is 3.75. The zero-order chi connectivity index (χ0) is 16.1. The van der Waals surface area contributed by atoms with Crippen LogP contribution < -0.4 is 0 Å². The predicted octanol–water partition coefficient (Wildman–Crippen LogP) is 6.79. The van der Waals surface area contributed by atoms with Gasteiger partial charge in [0.25, 0.3) is 0 Å². The minimum absolute atomic E-state index is 0.750. The van der Waals surface area contributed by atoms with Crippen molar-refractivity contribution in [2.75, 3.05) is 0 Å². The Morgan fingerprint density at radius 1 is 0.708 bits per heavy atom. The minimum Gasteiger partial charge on any atom is -0.354 e. The van der Waals surface area contributed by atoms with Crippen LogP contribution in [0.3, 0.4) is 0 Å². The van der Waals surface area contributed by atoms with Gasteiger partial charge < -0.3 is 4.98 Å². The lowest BCUT2D eigenvalue weighted by Gasteiger charge is -2.08. The molecule has 0 amide bonds. The molecule has 5 aromatic rings. The van der Waals surface area contributed by atoms with Crippen molar-refractivity contribution in [3.8, 4) is 11.1 Å². The SMILES string of the molecule is Clc1ccc2c(c1)[nH]c1c3ccccc3cc(-c3ccccc3)c21. The van der Waals surface area contributed by atoms with Crippen LogP contribution in [0.1, 0.15) is 0 Å². The van der Waals surface area contributed by atoms with Gasteiger partial charge in [-0.1, -0.05) is 72.3 Å². The molecule has 0 fully saturated rings. The standard InChI is InChI=1S/C22H14ClN/c23-16-10-11-18-20(13-16)24-22-17-9-5-4-8-15(17)12-19(21(18)22)14-6-2-1-3-7-14/h1-13,24H. The Kier molecular flexibility index (Phi) is 2.91. The van der Waals surface area contributed by atoms with E-state index < -0.39 is 0 Å². The summed E-state index contributed by atoms with van der Waals surface area (Å²) in [4.78, 5) is 3.59. The maximum atomic E-state index is 6.20. The van der Waals surface area contributed by atoms with E-state index in [0.717, 1.165) is 10.5 Å². The van der Waals surface area contributed by atoms with Crippen molar-refractivity contribution in [2.45, 2.75) is 0 Å². The second kappa shape index (κ2) is 5.12. The monoisotopic (exact) mass is 327 g/mol. The molecule has 1 N–H and O–H groups in total. The van der Waals surface area contributed by atoms with Crippen LogP contribution in [0.2, 0.25) is 5.02 Å². The van der Waals surface area contributed by atoms with Gasteiger partial charge in [0.1, 0.15) is 0 Å². The van der Waals surface area contributed by atoms with Crippen molar-refractivity contribution in [2.24, 2.45) is 0 Å². The van der Waals surface area contributed by atoms with Crippen molar-refractivity contribution in [3.63, 3.8) is 0 Å². The molecule has 0 saturated carbocycles. The van der Waals surface area contributed by atoms with Gasteiger partial charge in [-0.2, -0.15) is 0 Å². The maximum Gasteiger partial charge on any atom is 0.0550 e. The zero-order valence-electron chi connectivity index (χ0n) is 12.9. The summed E-state index contributed by atoms with van der Waals surface area (Å²) in [5.41, 5.74) is 4.72. The second-order valence-corrected chi connectivity index (χ2v) is 6.51. The van der Waals surface area contributed by atoms with Crippen LogP contribution in [0.5, 0.6) is 0 Å². The third kappa shape index (κ3) is 1.95. The van der Waals surface area contributed by atoms with E-state index in [-0.39, 0.29) is 0 Å². The van der Waals surface area contributed by atoms with E-state index in [1.807, 2.05) is 12.1 Å². The topological polar surface area (TPSA) is 15.8 Å². The molecule has 0 spiro atoms. The summed E-state index contributed by atoms with van der Waals surface area (Å²) in [5, 5.41) is 5.69. The van der Waals surface area contributed by atoms with Crippen LogP contribution in [0, 0.1) is 0 Å². The van der Waals surface area contributed by atoms with Gasteiger partial charge >= 0.3 is 0 Å². The molecule has 0 atom stereocenters. The highest BCUT2D eigenvalue weighted by molar-refractivity contribution is 6.32. The summed E-state index contributed by atoms with van der Waals surface area (Å²) < 4.78 is 0. The highest BCUT2D eigenvalue weighted by atomic mass is 35.5. The van der Waals surface area contributed by atoms with E-state index >= 15 is 0 Å². The van der Waals surface area contributed by atoms with Gasteiger partial charge in [-0.05, 0) is 34.7 Å². The van der Waals surface area contributed by atoms with Gasteiger partial charge in [0, 0.05) is 26.7 Å². The highest BCUT2D eigenvalue weighted by Gasteiger charge is 2.14. The number of H-pyrrole nitrogens is 1. The highest BCUT2D eigenvalue weighted by Crippen LogP contribution is 2.39. The first-order valence-corrected chi connectivity index (χ1v) is 8.37. The third-order valence-electron chi connectivity index (χ3n) is 4.64. The van der Waals surface area contributed by atoms with Crippen LogP contribution >= 0.6 is 11.6 Å². The lowest BCUT2D eigenvalue weighted by Crippen LogP contribution is -1.82. The summed E-state index contributed by atoms with van der Waals surface area (Å²) in [6, 6.07) is 27.4. The first kappa shape index (κ1) is 13.6. The van der Waals surface area contributed by atoms with E-state index in [9.17, 15) is 0 Å². The van der Waals surface area contributed by atoms with Gasteiger partial charge in [0.15, 0.2) is 0 Å². The number of nitrogens with one attached hydrogen (secondary N) is 1. The van der Waals surface area contributed by atoms with Crippen molar-refractivity contribution in [1.82, 2.24) is 4.98 Å². The maximum absolute atomic E-state index is 6.20. The molecule has 0 aliphatic heterocycles. The number of aromatic amines is 1. The molecule has 1 aromatic heterocycles. The molecule has 0 bridgehead atoms. The number of hydrogen-bond donors (Lipinski definition) is 1. The smallest absolute Gasteiger partial charge is 0.0550 e. The Bertz CT molecular complexity index is 1200. The van der Waals surface area contributed by atoms with E-state index in [1.165, 1.54) is 38.2 Å². The van der Waals surface area contributed by atoms with Crippen molar-refractivity contribution in [3.05, 3.63) is 83.9 Å². The van der Waals surface area contributed by atoms with E-state index in [2.05, 4.69) is 71.7 Å². The molecule has 1 nitrogen and oxygen atoms in total. The number of fused-ring (bicyclic) bond motifs is 5. The predicted molar refractivity (Wildman–Crippen MR) is 104 cm³/mol. The van der Waals surface area contributed by atoms with Crippen LogP contribution in [-0.2, 0) is 0 Å². The molecular formula is C22H14ClN. The average Bonchev–Trinajstić information content (AvgIpc) is 3.00. The molecule has 114 valence electrons. The van der Waals surface area contributed by atoms with E-state index in [0.29, 0.717) is 0 Å². The quantitative estimate of drug-likeness (QED) is 0.348. The summed E-state index contributed by atoms with van der Waals surface area (Å²) in [6.45, 7) is 0. The summed E-state index contributed by atoms with van der Waals surface area (Å²) in [7, 11) is 0. The normalized spacial score (nSPS) is 11.5. The molecule has 1 heterocycles. The minimum atomic E-state index is 0.750. The first-order valence-electron chi connectivity index (χ1n) is 7.99. The Balaban J connectivity index is 2.04. The van der Waals surface area contributed by atoms with Crippen LogP contribution in [0.25, 0.3) is 43.7 Å². The lowest BCUT2D eigenvalue weighted by atomic mass is 9.95. The van der Waals surface area contributed by atoms with Gasteiger partial charge in [-0.3, -0.25) is 0 Å². The van der Waals surface area contributed by atoms with Crippen molar-refractivity contribution >= 4 is 44.2 Å². The Hall–Kier alpha value is -2.77. The number of hydrogen-bond acceptors (Lipinski definition) is 0. The molecule has 2 heteroatoms. The molecule has 4 aromatic carbocycles. The van der Waals surface area contributed by atoms with Crippen molar-refractivity contribution < 1.29 is 0 Å². The molecular weight excluding hydrogens is 314 g/mol. The average molecular weight is 328 g/mol. The van der Waals surface area contributed by atoms with Gasteiger partial charge in [0.2, 0.25) is 0 Å². The second-order valence-electron chi connectivity index (χ2n) is 6.08. The number of benzene rings is 4. The fourth-order valence-electron chi connectivity index (χ4n) is 3.58. The fraction of sp³-hybridized carbons (Fsp3) is 0. The van der Waals surface area contributed by atoms with E-state index in [1.54, 1.807) is 0 Å². The molecule has 0 aliphatic rings. The van der Waals surface area contributed by atoms with E-state index in [4.69, 9.17) is 11.6 Å². The van der Waals surface area contributed by atoms with Gasteiger partial charge in [0.05, 0.1) is 5.52 Å². The lowest BCUT2D eigenvalue weighted by molar-refractivity contribution is 1.56. The molecule has 0 radical (unpaired) electrons. The summed E-state index contributed by atoms with van der Waals surface area (Å²) in [6.07, 6.45) is 0. The Labute approximate surface area is 144 Å². The largest absolute Gasteiger partial charge is 0.354 e. The van der Waals surface area contributed by atoms with Crippen LogP contribution in [0.4, 0.5) is 0 Å². The number of rotatable bonds is 1. The van der Waals surface area contributed by atoms with Gasteiger partial charge in [-0.25, -0.2) is 0 Å². The van der Waals surface area contributed by atoms with Crippen LogP contribution in [-0.4, -0.2) is 4.98 Å². The molecule has 24 heavy (non-hydrogen) atoms. The number of aromatic nitrogens is 1. The third-order valence-corrected chi connectivity index (χ3v) is 4.88. The van der Waals surface area contributed by atoms with Crippen molar-refractivity contribution in [1.29, 1.82) is 0 Å². The van der Waals surface area contributed by atoms with Crippen LogP contribution in [0.15, 0.2) is 78.9 Å². The molecule has 0 aliphatic carbocycles. The molecule has 0 saturated heterocycles. The Morgan fingerprint density at radius 3 is 2.38 bits per heavy atom. The summed E-state index contributed by atoms with van der Waals surface area (Å²) in [5.74, 6) is 0. The first-order chi connectivity index (χ1) is 11.8. The summed E-state index contributed by atoms with van der Waals surface area (Å²) >= 11 is 6.20. The Morgan fingerprint density at radius 2 is 1.50 bits per heavy atom. The molecule has 5 rings (SSSR count). The van der Waals surface area contributed by atoms with Gasteiger partial charge in [-0.15, -0.1) is 0 Å².